The van der Waals surface area contributed by atoms with Gasteiger partial charge in [0.1, 0.15) is 0 Å². The molecular weight excluding hydrogens is 257 g/mol. The van der Waals surface area contributed by atoms with Crippen LogP contribution < -0.4 is 0 Å². The second-order valence-electron chi connectivity index (χ2n) is 3.32. The number of esters is 1. The van der Waals surface area contributed by atoms with E-state index in [9.17, 15) is 18.0 Å². The highest BCUT2D eigenvalue weighted by Crippen LogP contribution is 2.36. The lowest BCUT2D eigenvalue weighted by Gasteiger charge is -2.13. The quantitative estimate of drug-likeness (QED) is 0.760. The van der Waals surface area contributed by atoms with Crippen LogP contribution in [-0.4, -0.2) is 12.6 Å². The smallest absolute Gasteiger partial charge is 0.416 e. The minimum atomic E-state index is -4.49. The van der Waals surface area contributed by atoms with E-state index in [2.05, 4.69) is 4.74 Å². The van der Waals surface area contributed by atoms with Gasteiger partial charge in [-0.15, -0.1) is 0 Å². The van der Waals surface area contributed by atoms with Crippen LogP contribution in [-0.2, 0) is 10.9 Å². The largest absolute Gasteiger partial charge is 0.462 e. The number of ether oxygens (including phenoxy) is 1. The Labute approximate surface area is 101 Å². The Hall–Kier alpha value is -1.23. The van der Waals surface area contributed by atoms with Gasteiger partial charge in [0.05, 0.1) is 22.8 Å². The van der Waals surface area contributed by atoms with E-state index in [1.807, 2.05) is 0 Å². The Morgan fingerprint density at radius 1 is 1.41 bits per heavy atom. The average Bonchev–Trinajstić information content (AvgIpc) is 2.20. The summed E-state index contributed by atoms with van der Waals surface area (Å²) in [6, 6.07) is 1.85. The van der Waals surface area contributed by atoms with E-state index in [0.717, 1.165) is 12.1 Å². The van der Waals surface area contributed by atoms with E-state index >= 15 is 0 Å². The molecule has 0 amide bonds. The number of carbonyl (C=O) groups is 1. The van der Waals surface area contributed by atoms with Gasteiger partial charge in [-0.05, 0) is 31.5 Å². The summed E-state index contributed by atoms with van der Waals surface area (Å²) in [6.45, 7) is 2.95. The molecule has 0 bridgehead atoms. The Balaban J connectivity index is 3.25. The third-order valence-electron chi connectivity index (χ3n) is 2.19. The molecular formula is C11H10ClF3O2. The molecule has 0 spiro atoms. The maximum atomic E-state index is 12.5. The summed E-state index contributed by atoms with van der Waals surface area (Å²) in [5.74, 6) is -0.727. The monoisotopic (exact) mass is 266 g/mol. The minimum Gasteiger partial charge on any atom is -0.462 e. The number of halogens is 4. The first-order valence-corrected chi connectivity index (χ1v) is 5.20. The zero-order valence-electron chi connectivity index (χ0n) is 9.19. The molecule has 0 fully saturated rings. The van der Waals surface area contributed by atoms with Gasteiger partial charge in [-0.25, -0.2) is 4.79 Å². The van der Waals surface area contributed by atoms with Crippen LogP contribution in [0.15, 0.2) is 12.1 Å². The Morgan fingerprint density at radius 2 is 2.00 bits per heavy atom. The van der Waals surface area contributed by atoms with Gasteiger partial charge >= 0.3 is 12.1 Å². The predicted molar refractivity (Wildman–Crippen MR) is 57.1 cm³/mol. The molecule has 0 aliphatic carbocycles. The molecule has 0 heterocycles. The lowest BCUT2D eigenvalue weighted by atomic mass is 10.0. The van der Waals surface area contributed by atoms with Crippen LogP contribution >= 0.6 is 11.6 Å². The average molecular weight is 267 g/mol. The number of carbonyl (C=O) groups excluding carboxylic acids is 1. The van der Waals surface area contributed by atoms with E-state index in [1.165, 1.54) is 6.92 Å². The molecule has 0 aromatic heterocycles. The molecule has 0 aliphatic rings. The zero-order valence-corrected chi connectivity index (χ0v) is 9.95. The van der Waals surface area contributed by atoms with Crippen molar-refractivity contribution in [2.24, 2.45) is 0 Å². The van der Waals surface area contributed by atoms with Crippen molar-refractivity contribution in [3.8, 4) is 0 Å². The van der Waals surface area contributed by atoms with Gasteiger partial charge in [0, 0.05) is 0 Å². The second-order valence-corrected chi connectivity index (χ2v) is 3.70. The van der Waals surface area contributed by atoms with Gasteiger partial charge in [-0.2, -0.15) is 13.2 Å². The van der Waals surface area contributed by atoms with Crippen LogP contribution in [0.25, 0.3) is 0 Å². The van der Waals surface area contributed by atoms with Crippen molar-refractivity contribution in [3.63, 3.8) is 0 Å². The van der Waals surface area contributed by atoms with Crippen molar-refractivity contribution in [3.05, 3.63) is 33.8 Å². The van der Waals surface area contributed by atoms with E-state index < -0.39 is 17.7 Å². The number of alkyl halides is 3. The van der Waals surface area contributed by atoms with Crippen LogP contribution in [0.4, 0.5) is 13.2 Å². The zero-order chi connectivity index (χ0) is 13.2. The van der Waals surface area contributed by atoms with Crippen LogP contribution in [0.2, 0.25) is 5.02 Å². The Bertz CT molecular complexity index is 441. The third kappa shape index (κ3) is 2.91. The molecule has 1 aromatic carbocycles. The van der Waals surface area contributed by atoms with Gasteiger partial charge in [0.25, 0.3) is 0 Å². The molecule has 1 rings (SSSR count). The van der Waals surface area contributed by atoms with Crippen molar-refractivity contribution in [2.45, 2.75) is 20.0 Å². The van der Waals surface area contributed by atoms with Crippen LogP contribution in [0.3, 0.4) is 0 Å². The van der Waals surface area contributed by atoms with Crippen molar-refractivity contribution in [2.75, 3.05) is 6.61 Å². The normalized spacial score (nSPS) is 11.4. The fraction of sp³-hybridized carbons (Fsp3) is 0.364. The van der Waals surface area contributed by atoms with Gasteiger partial charge in [-0.1, -0.05) is 11.6 Å². The van der Waals surface area contributed by atoms with Crippen molar-refractivity contribution in [1.82, 2.24) is 0 Å². The first kappa shape index (κ1) is 13.8. The molecule has 6 heteroatoms. The molecule has 0 unspecified atom stereocenters. The molecule has 0 N–H and O–H groups in total. The van der Waals surface area contributed by atoms with Crippen LogP contribution in [0.5, 0.6) is 0 Å². The number of hydrogen-bond acceptors (Lipinski definition) is 2. The topological polar surface area (TPSA) is 26.3 Å². The van der Waals surface area contributed by atoms with Crippen molar-refractivity contribution >= 4 is 17.6 Å². The molecule has 0 saturated heterocycles. The van der Waals surface area contributed by atoms with E-state index in [0.29, 0.717) is 0 Å². The van der Waals surface area contributed by atoms with Gasteiger partial charge in [-0.3, -0.25) is 0 Å². The summed E-state index contributed by atoms with van der Waals surface area (Å²) < 4.78 is 42.3. The summed E-state index contributed by atoms with van der Waals surface area (Å²) in [6.07, 6.45) is -4.49. The van der Waals surface area contributed by atoms with Crippen LogP contribution in [0.1, 0.15) is 28.4 Å². The first-order valence-electron chi connectivity index (χ1n) is 4.82. The minimum absolute atomic E-state index is 0.0565. The lowest BCUT2D eigenvalue weighted by Crippen LogP contribution is -2.11. The van der Waals surface area contributed by atoms with E-state index in [1.54, 1.807) is 6.92 Å². The fourth-order valence-electron chi connectivity index (χ4n) is 1.36. The maximum absolute atomic E-state index is 12.5. The van der Waals surface area contributed by atoms with Crippen LogP contribution in [0, 0.1) is 6.92 Å². The molecule has 0 saturated carbocycles. The highest BCUT2D eigenvalue weighted by atomic mass is 35.5. The van der Waals surface area contributed by atoms with Crippen molar-refractivity contribution in [1.29, 1.82) is 0 Å². The molecule has 94 valence electrons. The van der Waals surface area contributed by atoms with Gasteiger partial charge in [0.2, 0.25) is 0 Å². The number of rotatable bonds is 2. The molecule has 0 atom stereocenters. The standard InChI is InChI=1S/C11H10ClF3O2/c1-3-17-10(16)7-4-5-8(11(13,14)15)6(2)9(7)12/h4-5H,3H2,1-2H3. The van der Waals surface area contributed by atoms with Crippen molar-refractivity contribution < 1.29 is 22.7 Å². The first-order chi connectivity index (χ1) is 7.79. The molecule has 0 radical (unpaired) electrons. The summed E-state index contributed by atoms with van der Waals surface area (Å²) in [4.78, 5) is 11.4. The summed E-state index contributed by atoms with van der Waals surface area (Å²) in [7, 11) is 0. The summed E-state index contributed by atoms with van der Waals surface area (Å²) >= 11 is 5.73. The Morgan fingerprint density at radius 3 is 2.47 bits per heavy atom. The summed E-state index contributed by atoms with van der Waals surface area (Å²) in [5.41, 5.74) is -1.08. The molecule has 2 nitrogen and oxygen atoms in total. The second kappa shape index (κ2) is 4.96. The lowest BCUT2D eigenvalue weighted by molar-refractivity contribution is -0.138. The molecule has 0 aliphatic heterocycles. The number of benzene rings is 1. The highest BCUT2D eigenvalue weighted by molar-refractivity contribution is 6.34. The highest BCUT2D eigenvalue weighted by Gasteiger charge is 2.34. The SMILES string of the molecule is CCOC(=O)c1ccc(C(F)(F)F)c(C)c1Cl. The summed E-state index contributed by atoms with van der Waals surface area (Å²) in [5, 5.41) is -0.224. The third-order valence-corrected chi connectivity index (χ3v) is 2.67. The molecule has 1 aromatic rings. The van der Waals surface area contributed by atoms with E-state index in [-0.39, 0.29) is 22.8 Å². The van der Waals surface area contributed by atoms with Gasteiger partial charge in [0.15, 0.2) is 0 Å². The van der Waals surface area contributed by atoms with E-state index in [4.69, 9.17) is 11.6 Å². The Kier molecular flexibility index (Phi) is 4.03. The number of hydrogen-bond donors (Lipinski definition) is 0. The fourth-order valence-corrected chi connectivity index (χ4v) is 1.60. The molecule has 17 heavy (non-hydrogen) atoms. The van der Waals surface area contributed by atoms with Gasteiger partial charge < -0.3 is 4.74 Å². The predicted octanol–water partition coefficient (Wildman–Crippen LogP) is 3.84. The maximum Gasteiger partial charge on any atom is 0.416 e.